The Bertz CT molecular complexity index is 380. The predicted molar refractivity (Wildman–Crippen MR) is 76.5 cm³/mol. The number of carboxylic acid groups (broad SMARTS) is 1. The first-order chi connectivity index (χ1) is 9.20. The van der Waals surface area contributed by atoms with E-state index in [1.807, 2.05) is 6.08 Å². The van der Waals surface area contributed by atoms with Crippen LogP contribution in [0.25, 0.3) is 0 Å². The number of hydrogen-bond acceptors (Lipinski definition) is 3. The first-order valence-corrected chi connectivity index (χ1v) is 6.97. The first-order valence-electron chi connectivity index (χ1n) is 6.97. The fourth-order valence-corrected chi connectivity index (χ4v) is 2.21. The van der Waals surface area contributed by atoms with Crippen LogP contribution in [0, 0.1) is 10.8 Å². The molecule has 5 nitrogen and oxygen atoms in total. The normalized spacial score (nSPS) is 17.9. The number of rotatable bonds is 7. The zero-order valence-corrected chi connectivity index (χ0v) is 12.6. The molecule has 0 bridgehead atoms. The fraction of sp³-hybridized carbons (Fsp3) is 0.733. The molecule has 1 atom stereocenters. The van der Waals surface area contributed by atoms with Gasteiger partial charge in [-0.3, -0.25) is 0 Å². The van der Waals surface area contributed by atoms with Crippen molar-refractivity contribution < 1.29 is 19.4 Å². The number of nitrogens with one attached hydrogen (secondary N) is 1. The Morgan fingerprint density at radius 1 is 1.45 bits per heavy atom. The molecule has 0 aromatic heterocycles. The van der Waals surface area contributed by atoms with Crippen LogP contribution in [0.4, 0.5) is 4.79 Å². The summed E-state index contributed by atoms with van der Waals surface area (Å²) < 4.78 is 5.09. The van der Waals surface area contributed by atoms with E-state index in [9.17, 15) is 9.59 Å². The molecule has 1 amide bonds. The SMILES string of the molecule is C=CCC1(CCOC(=O)N[C@H](C(=O)O)C(C)(C)C)CC1. The Balaban J connectivity index is 2.36. The minimum Gasteiger partial charge on any atom is -0.480 e. The highest BCUT2D eigenvalue weighted by molar-refractivity contribution is 5.80. The van der Waals surface area contributed by atoms with Crippen molar-refractivity contribution >= 4 is 12.1 Å². The molecular weight excluding hydrogens is 258 g/mol. The van der Waals surface area contributed by atoms with E-state index in [-0.39, 0.29) is 5.41 Å². The van der Waals surface area contributed by atoms with Crippen molar-refractivity contribution in [1.29, 1.82) is 0 Å². The summed E-state index contributed by atoms with van der Waals surface area (Å²) in [5, 5.41) is 11.5. The molecule has 5 heteroatoms. The largest absolute Gasteiger partial charge is 0.480 e. The number of carboxylic acids is 1. The Hall–Kier alpha value is -1.52. The molecule has 0 spiro atoms. The Kier molecular flexibility index (Phi) is 5.20. The molecule has 0 aromatic rings. The molecule has 0 unspecified atom stereocenters. The summed E-state index contributed by atoms with van der Waals surface area (Å²) in [6.45, 7) is 9.32. The van der Waals surface area contributed by atoms with E-state index in [1.165, 1.54) is 0 Å². The molecule has 0 radical (unpaired) electrons. The van der Waals surface area contributed by atoms with Gasteiger partial charge in [0.1, 0.15) is 6.04 Å². The van der Waals surface area contributed by atoms with Crippen molar-refractivity contribution in [2.24, 2.45) is 10.8 Å². The molecule has 0 heterocycles. The lowest BCUT2D eigenvalue weighted by molar-refractivity contribution is -0.142. The summed E-state index contributed by atoms with van der Waals surface area (Å²) in [6.07, 6.45) is 5.26. The maximum Gasteiger partial charge on any atom is 0.407 e. The van der Waals surface area contributed by atoms with Gasteiger partial charge < -0.3 is 15.2 Å². The lowest BCUT2D eigenvalue weighted by Gasteiger charge is -2.27. The third-order valence-electron chi connectivity index (χ3n) is 3.78. The smallest absolute Gasteiger partial charge is 0.407 e. The summed E-state index contributed by atoms with van der Waals surface area (Å²) >= 11 is 0. The number of alkyl carbamates (subject to hydrolysis) is 1. The molecule has 1 aliphatic rings. The van der Waals surface area contributed by atoms with E-state index in [4.69, 9.17) is 9.84 Å². The van der Waals surface area contributed by atoms with Crippen LogP contribution in [-0.2, 0) is 9.53 Å². The Labute approximate surface area is 120 Å². The van der Waals surface area contributed by atoms with Gasteiger partial charge in [0, 0.05) is 0 Å². The van der Waals surface area contributed by atoms with Gasteiger partial charge >= 0.3 is 12.1 Å². The lowest BCUT2D eigenvalue weighted by Crippen LogP contribution is -2.49. The molecule has 2 N–H and O–H groups in total. The van der Waals surface area contributed by atoms with Gasteiger partial charge in [0.15, 0.2) is 0 Å². The average Bonchev–Trinajstić information content (AvgIpc) is 3.04. The predicted octanol–water partition coefficient (Wildman–Crippen LogP) is 2.96. The molecular formula is C15H25NO4. The van der Waals surface area contributed by atoms with Crippen LogP contribution in [0.5, 0.6) is 0 Å². The van der Waals surface area contributed by atoms with Crippen LogP contribution < -0.4 is 5.32 Å². The molecule has 1 aliphatic carbocycles. The second-order valence-electron chi connectivity index (χ2n) is 6.66. The highest BCUT2D eigenvalue weighted by Gasteiger charge is 2.41. The third-order valence-corrected chi connectivity index (χ3v) is 3.78. The van der Waals surface area contributed by atoms with Crippen molar-refractivity contribution in [1.82, 2.24) is 5.32 Å². The molecule has 1 fully saturated rings. The maximum absolute atomic E-state index is 11.7. The highest BCUT2D eigenvalue weighted by Crippen LogP contribution is 2.51. The molecule has 0 aliphatic heterocycles. The highest BCUT2D eigenvalue weighted by atomic mass is 16.5. The van der Waals surface area contributed by atoms with Gasteiger partial charge in [0.2, 0.25) is 0 Å². The van der Waals surface area contributed by atoms with Crippen LogP contribution in [0.2, 0.25) is 0 Å². The quantitative estimate of drug-likeness (QED) is 0.704. The summed E-state index contributed by atoms with van der Waals surface area (Å²) in [5.74, 6) is -1.06. The van der Waals surface area contributed by atoms with Crippen molar-refractivity contribution in [3.63, 3.8) is 0 Å². The summed E-state index contributed by atoms with van der Waals surface area (Å²) in [7, 11) is 0. The van der Waals surface area contributed by atoms with Crippen LogP contribution in [-0.4, -0.2) is 29.8 Å². The van der Waals surface area contributed by atoms with E-state index in [0.29, 0.717) is 6.61 Å². The maximum atomic E-state index is 11.7. The zero-order chi connectivity index (χ0) is 15.4. The molecule has 1 rings (SSSR count). The molecule has 0 saturated heterocycles. The number of aliphatic carboxylic acids is 1. The number of hydrogen-bond donors (Lipinski definition) is 2. The van der Waals surface area contributed by atoms with Crippen LogP contribution in [0.1, 0.15) is 46.5 Å². The number of allylic oxidation sites excluding steroid dienone is 1. The van der Waals surface area contributed by atoms with Gasteiger partial charge in [-0.1, -0.05) is 26.8 Å². The van der Waals surface area contributed by atoms with Crippen molar-refractivity contribution in [2.75, 3.05) is 6.61 Å². The van der Waals surface area contributed by atoms with Crippen LogP contribution >= 0.6 is 0 Å². The van der Waals surface area contributed by atoms with Crippen molar-refractivity contribution in [3.05, 3.63) is 12.7 Å². The van der Waals surface area contributed by atoms with E-state index in [0.717, 1.165) is 25.7 Å². The van der Waals surface area contributed by atoms with E-state index < -0.39 is 23.5 Å². The minimum absolute atomic E-state index is 0.262. The van der Waals surface area contributed by atoms with E-state index >= 15 is 0 Å². The van der Waals surface area contributed by atoms with Gasteiger partial charge in [-0.25, -0.2) is 9.59 Å². The molecule has 1 saturated carbocycles. The molecule has 20 heavy (non-hydrogen) atoms. The molecule has 0 aromatic carbocycles. The Morgan fingerprint density at radius 3 is 2.45 bits per heavy atom. The summed E-state index contributed by atoms with van der Waals surface area (Å²) in [6, 6.07) is -0.960. The second-order valence-corrected chi connectivity index (χ2v) is 6.66. The topological polar surface area (TPSA) is 75.6 Å². The van der Waals surface area contributed by atoms with E-state index in [1.54, 1.807) is 20.8 Å². The number of carbonyl (C=O) groups excluding carboxylic acids is 1. The van der Waals surface area contributed by atoms with Crippen LogP contribution in [0.3, 0.4) is 0 Å². The monoisotopic (exact) mass is 283 g/mol. The number of ether oxygens (including phenoxy) is 1. The van der Waals surface area contributed by atoms with Gasteiger partial charge in [0.25, 0.3) is 0 Å². The number of carbonyl (C=O) groups is 2. The fourth-order valence-electron chi connectivity index (χ4n) is 2.21. The zero-order valence-electron chi connectivity index (χ0n) is 12.6. The molecule has 114 valence electrons. The summed E-state index contributed by atoms with van der Waals surface area (Å²) in [5.41, 5.74) is -0.302. The van der Waals surface area contributed by atoms with Crippen molar-refractivity contribution in [2.45, 2.75) is 52.5 Å². The van der Waals surface area contributed by atoms with Crippen LogP contribution in [0.15, 0.2) is 12.7 Å². The number of amides is 1. The minimum atomic E-state index is -1.06. The standard InChI is InChI=1S/C15H25NO4/c1-5-6-15(7-8-15)9-10-20-13(19)16-11(12(17)18)14(2,3)4/h5,11H,1,6-10H2,2-4H3,(H,16,19)(H,17,18)/t11-/m1/s1. The summed E-state index contributed by atoms with van der Waals surface area (Å²) in [4.78, 5) is 22.8. The van der Waals surface area contributed by atoms with Gasteiger partial charge in [-0.2, -0.15) is 0 Å². The van der Waals surface area contributed by atoms with Gasteiger partial charge in [-0.05, 0) is 36.5 Å². The Morgan fingerprint density at radius 2 is 2.05 bits per heavy atom. The van der Waals surface area contributed by atoms with Gasteiger partial charge in [-0.15, -0.1) is 6.58 Å². The lowest BCUT2D eigenvalue weighted by atomic mass is 9.87. The second kappa shape index (κ2) is 6.29. The third kappa shape index (κ3) is 4.87. The average molecular weight is 283 g/mol. The first kappa shape index (κ1) is 16.5. The van der Waals surface area contributed by atoms with Crippen molar-refractivity contribution in [3.8, 4) is 0 Å². The van der Waals surface area contributed by atoms with E-state index in [2.05, 4.69) is 11.9 Å². The van der Waals surface area contributed by atoms with Gasteiger partial charge in [0.05, 0.1) is 6.61 Å².